The first-order chi connectivity index (χ1) is 5.38. The Hall–Kier alpha value is -1.03. The SMILES string of the molecule is [O-]c1onc2c1CC[NH2+]CC2. The van der Waals surface area contributed by atoms with Crippen LogP contribution in [0.1, 0.15) is 11.3 Å². The van der Waals surface area contributed by atoms with E-state index in [1.807, 2.05) is 0 Å². The molecule has 0 radical (unpaired) electrons. The van der Waals surface area contributed by atoms with Crippen molar-refractivity contribution in [1.29, 1.82) is 0 Å². The summed E-state index contributed by atoms with van der Waals surface area (Å²) in [4.78, 5) is 0. The molecule has 0 aromatic carbocycles. The minimum Gasteiger partial charge on any atom is -0.544 e. The number of nitrogens with two attached hydrogens (primary N) is 1. The molecule has 0 fully saturated rings. The van der Waals surface area contributed by atoms with Gasteiger partial charge in [-0.05, 0) is 0 Å². The quantitative estimate of drug-likeness (QED) is 0.490. The molecule has 0 aliphatic carbocycles. The molecule has 0 spiro atoms. The maximum atomic E-state index is 11.0. The molecule has 4 heteroatoms. The lowest BCUT2D eigenvalue weighted by atomic mass is 10.1. The smallest absolute Gasteiger partial charge is 0.0812 e. The predicted molar refractivity (Wildman–Crippen MR) is 35.0 cm³/mol. The lowest BCUT2D eigenvalue weighted by Crippen LogP contribution is -2.84. The van der Waals surface area contributed by atoms with Crippen molar-refractivity contribution in [2.75, 3.05) is 13.1 Å². The highest BCUT2D eigenvalue weighted by molar-refractivity contribution is 5.26. The normalized spacial score (nSPS) is 17.5. The summed E-state index contributed by atoms with van der Waals surface area (Å²) >= 11 is 0. The van der Waals surface area contributed by atoms with Crippen LogP contribution in [0.4, 0.5) is 0 Å². The average molecular weight is 154 g/mol. The molecule has 4 nitrogen and oxygen atoms in total. The Balaban J connectivity index is 2.35. The summed E-state index contributed by atoms with van der Waals surface area (Å²) in [6.45, 7) is 1.99. The van der Waals surface area contributed by atoms with Crippen LogP contribution in [0, 0.1) is 0 Å². The molecule has 11 heavy (non-hydrogen) atoms. The van der Waals surface area contributed by atoms with Crippen LogP contribution in [0.2, 0.25) is 0 Å². The van der Waals surface area contributed by atoms with Gasteiger partial charge in [0, 0.05) is 18.4 Å². The Morgan fingerprint density at radius 3 is 3.09 bits per heavy atom. The Kier molecular flexibility index (Phi) is 1.54. The molecule has 60 valence electrons. The Labute approximate surface area is 64.2 Å². The number of aromatic nitrogens is 1. The molecule has 0 amide bonds. The summed E-state index contributed by atoms with van der Waals surface area (Å²) in [6.07, 6.45) is 1.67. The van der Waals surface area contributed by atoms with Crippen LogP contribution >= 0.6 is 0 Å². The van der Waals surface area contributed by atoms with Gasteiger partial charge < -0.3 is 14.9 Å². The fourth-order valence-electron chi connectivity index (χ4n) is 1.40. The second-order valence-corrected chi connectivity index (χ2v) is 2.76. The van der Waals surface area contributed by atoms with Gasteiger partial charge in [-0.15, -0.1) is 0 Å². The van der Waals surface area contributed by atoms with E-state index in [0.717, 1.165) is 37.2 Å². The lowest BCUT2D eigenvalue weighted by molar-refractivity contribution is -0.652. The molecule has 2 N–H and O–H groups in total. The van der Waals surface area contributed by atoms with E-state index in [2.05, 4.69) is 15.0 Å². The zero-order chi connectivity index (χ0) is 7.68. The van der Waals surface area contributed by atoms with Crippen LogP contribution in [0.25, 0.3) is 0 Å². The van der Waals surface area contributed by atoms with E-state index in [9.17, 15) is 5.11 Å². The molecule has 0 atom stereocenters. The van der Waals surface area contributed by atoms with Gasteiger partial charge in [0.05, 0.1) is 24.7 Å². The summed E-state index contributed by atoms with van der Waals surface area (Å²) in [5.41, 5.74) is 1.66. The van der Waals surface area contributed by atoms with Crippen molar-refractivity contribution in [2.24, 2.45) is 0 Å². The number of rotatable bonds is 0. The van der Waals surface area contributed by atoms with E-state index in [-0.39, 0.29) is 5.95 Å². The van der Waals surface area contributed by atoms with Gasteiger partial charge in [-0.25, -0.2) is 0 Å². The predicted octanol–water partition coefficient (Wildman–Crippen LogP) is -1.59. The van der Waals surface area contributed by atoms with Crippen molar-refractivity contribution >= 4 is 0 Å². The van der Waals surface area contributed by atoms with Crippen LogP contribution in [0.15, 0.2) is 4.52 Å². The van der Waals surface area contributed by atoms with Crippen molar-refractivity contribution in [3.05, 3.63) is 11.3 Å². The minimum absolute atomic E-state index is 0.240. The highest BCUT2D eigenvalue weighted by atomic mass is 16.5. The third kappa shape index (κ3) is 1.09. The van der Waals surface area contributed by atoms with E-state index < -0.39 is 0 Å². The van der Waals surface area contributed by atoms with Crippen LogP contribution in [0.5, 0.6) is 5.95 Å². The van der Waals surface area contributed by atoms with Gasteiger partial charge >= 0.3 is 0 Å². The topological polar surface area (TPSA) is 65.7 Å². The molecule has 1 aromatic rings. The van der Waals surface area contributed by atoms with E-state index in [1.54, 1.807) is 0 Å². The average Bonchev–Trinajstić information content (AvgIpc) is 2.25. The fourth-order valence-corrected chi connectivity index (χ4v) is 1.40. The molecule has 0 saturated heterocycles. The molecule has 2 rings (SSSR count). The maximum Gasteiger partial charge on any atom is 0.0812 e. The molecule has 0 saturated carbocycles. The Morgan fingerprint density at radius 2 is 2.18 bits per heavy atom. The zero-order valence-electron chi connectivity index (χ0n) is 6.17. The van der Waals surface area contributed by atoms with E-state index in [4.69, 9.17) is 0 Å². The van der Waals surface area contributed by atoms with Gasteiger partial charge in [-0.1, -0.05) is 0 Å². The molecule has 1 aromatic heterocycles. The molecular formula is C7H10N2O2. The van der Waals surface area contributed by atoms with E-state index >= 15 is 0 Å². The number of nitrogens with zero attached hydrogens (tertiary/aromatic N) is 1. The molecule has 0 unspecified atom stereocenters. The van der Waals surface area contributed by atoms with E-state index in [0.29, 0.717) is 0 Å². The molecule has 2 heterocycles. The first-order valence-corrected chi connectivity index (χ1v) is 3.84. The minimum atomic E-state index is -0.240. The van der Waals surface area contributed by atoms with Crippen molar-refractivity contribution in [2.45, 2.75) is 12.8 Å². The van der Waals surface area contributed by atoms with Gasteiger partial charge in [0.15, 0.2) is 0 Å². The Bertz CT molecular complexity index is 257. The first kappa shape index (κ1) is 6.67. The largest absolute Gasteiger partial charge is 0.544 e. The number of quaternary nitrogens is 1. The monoisotopic (exact) mass is 154 g/mol. The van der Waals surface area contributed by atoms with Crippen LogP contribution in [0.3, 0.4) is 0 Å². The zero-order valence-corrected chi connectivity index (χ0v) is 6.17. The van der Waals surface area contributed by atoms with Crippen molar-refractivity contribution in [3.8, 4) is 5.95 Å². The van der Waals surface area contributed by atoms with Gasteiger partial charge in [0.2, 0.25) is 0 Å². The summed E-state index contributed by atoms with van der Waals surface area (Å²) in [6, 6.07) is 0. The highest BCUT2D eigenvalue weighted by Gasteiger charge is 2.12. The molecule has 0 bridgehead atoms. The van der Waals surface area contributed by atoms with E-state index in [1.165, 1.54) is 0 Å². The van der Waals surface area contributed by atoms with Gasteiger partial charge in [-0.2, -0.15) is 5.16 Å². The molecule has 1 aliphatic rings. The van der Waals surface area contributed by atoms with Crippen molar-refractivity contribution in [3.63, 3.8) is 0 Å². The molecular weight excluding hydrogens is 144 g/mol. The summed E-state index contributed by atoms with van der Waals surface area (Å²) in [5.74, 6) is -0.240. The highest BCUT2D eigenvalue weighted by Crippen LogP contribution is 2.18. The molecule has 1 aliphatic heterocycles. The lowest BCUT2D eigenvalue weighted by Gasteiger charge is -1.97. The van der Waals surface area contributed by atoms with Crippen LogP contribution < -0.4 is 10.4 Å². The third-order valence-corrected chi connectivity index (χ3v) is 2.02. The third-order valence-electron chi connectivity index (χ3n) is 2.02. The van der Waals surface area contributed by atoms with Crippen LogP contribution in [-0.4, -0.2) is 18.2 Å². The fraction of sp³-hybridized carbons (Fsp3) is 0.571. The van der Waals surface area contributed by atoms with Gasteiger partial charge in [-0.3, -0.25) is 0 Å². The summed E-state index contributed by atoms with van der Waals surface area (Å²) in [5, 5.41) is 16.9. The summed E-state index contributed by atoms with van der Waals surface area (Å²) < 4.78 is 4.55. The Morgan fingerprint density at radius 1 is 1.36 bits per heavy atom. The van der Waals surface area contributed by atoms with Crippen LogP contribution in [-0.2, 0) is 12.8 Å². The number of hydrogen-bond donors (Lipinski definition) is 1. The van der Waals surface area contributed by atoms with Crippen molar-refractivity contribution < 1.29 is 14.9 Å². The standard InChI is InChI=1S/C7H10N2O2/c10-7-5-1-3-8-4-2-6(5)9-11-7/h8,10H,1-4H2. The second kappa shape index (κ2) is 2.54. The first-order valence-electron chi connectivity index (χ1n) is 3.84. The number of fused-ring (bicyclic) bond motifs is 1. The maximum absolute atomic E-state index is 11.0. The van der Waals surface area contributed by atoms with Gasteiger partial charge in [0.25, 0.3) is 0 Å². The number of hydrogen-bond acceptors (Lipinski definition) is 3. The summed E-state index contributed by atoms with van der Waals surface area (Å²) in [7, 11) is 0. The second-order valence-electron chi connectivity index (χ2n) is 2.76. The van der Waals surface area contributed by atoms with Gasteiger partial charge in [0.1, 0.15) is 0 Å². The van der Waals surface area contributed by atoms with Crippen molar-refractivity contribution in [1.82, 2.24) is 5.16 Å².